The van der Waals surface area contributed by atoms with Crippen LogP contribution >= 0.6 is 0 Å². The molecule has 1 aromatic heterocycles. The first kappa shape index (κ1) is 21.2. The van der Waals surface area contributed by atoms with E-state index in [2.05, 4.69) is 10.4 Å². The molecule has 0 saturated carbocycles. The summed E-state index contributed by atoms with van der Waals surface area (Å²) in [7, 11) is 3.13. The molecule has 1 aliphatic heterocycles. The first-order chi connectivity index (χ1) is 15.6. The van der Waals surface area contributed by atoms with E-state index in [0.717, 1.165) is 5.56 Å². The number of carbonyl (C=O) groups excluding carboxylic acids is 1. The fourth-order valence-corrected chi connectivity index (χ4v) is 3.35. The average molecular weight is 437 g/mol. The SMILES string of the molecule is COc1ccc(-c2ccc(=O)n(CCCC(=O)Nc3ccc4c(c3)OCO4)n2)cc1OC. The van der Waals surface area contributed by atoms with E-state index in [9.17, 15) is 9.59 Å². The Labute approximate surface area is 184 Å². The maximum Gasteiger partial charge on any atom is 0.266 e. The summed E-state index contributed by atoms with van der Waals surface area (Å²) < 4.78 is 22.5. The zero-order valence-corrected chi connectivity index (χ0v) is 17.8. The molecule has 0 atom stereocenters. The van der Waals surface area contributed by atoms with Crippen LogP contribution in [-0.2, 0) is 11.3 Å². The van der Waals surface area contributed by atoms with Crippen LogP contribution in [0.5, 0.6) is 23.0 Å². The Morgan fingerprint density at radius 2 is 1.84 bits per heavy atom. The first-order valence-electron chi connectivity index (χ1n) is 10.1. The van der Waals surface area contributed by atoms with Crippen LogP contribution < -0.4 is 29.8 Å². The van der Waals surface area contributed by atoms with Crippen molar-refractivity contribution in [2.24, 2.45) is 0 Å². The zero-order chi connectivity index (χ0) is 22.5. The van der Waals surface area contributed by atoms with Gasteiger partial charge in [-0.2, -0.15) is 5.10 Å². The molecule has 9 nitrogen and oxygen atoms in total. The van der Waals surface area contributed by atoms with E-state index in [-0.39, 0.29) is 24.7 Å². The van der Waals surface area contributed by atoms with Gasteiger partial charge < -0.3 is 24.3 Å². The normalized spacial score (nSPS) is 11.8. The molecule has 1 aliphatic rings. The summed E-state index contributed by atoms with van der Waals surface area (Å²) in [5, 5.41) is 7.26. The van der Waals surface area contributed by atoms with Crippen LogP contribution in [0.15, 0.2) is 53.3 Å². The average Bonchev–Trinajstić information content (AvgIpc) is 3.27. The van der Waals surface area contributed by atoms with E-state index >= 15 is 0 Å². The van der Waals surface area contributed by atoms with Crippen molar-refractivity contribution < 1.29 is 23.7 Å². The van der Waals surface area contributed by atoms with Gasteiger partial charge in [0.1, 0.15) is 0 Å². The first-order valence-corrected chi connectivity index (χ1v) is 10.1. The number of carbonyl (C=O) groups is 1. The zero-order valence-electron chi connectivity index (χ0n) is 17.8. The molecule has 0 fully saturated rings. The van der Waals surface area contributed by atoms with Gasteiger partial charge in [-0.3, -0.25) is 9.59 Å². The van der Waals surface area contributed by atoms with Crippen molar-refractivity contribution in [1.29, 1.82) is 0 Å². The highest BCUT2D eigenvalue weighted by Crippen LogP contribution is 2.34. The summed E-state index contributed by atoms with van der Waals surface area (Å²) in [6, 6.07) is 13.8. The Morgan fingerprint density at radius 1 is 1.03 bits per heavy atom. The standard InChI is InChI=1S/C23H23N3O6/c1-29-18-8-5-15(12-20(18)30-2)17-7-10-23(28)26(25-17)11-3-4-22(27)24-16-6-9-19-21(13-16)32-14-31-19/h5-10,12-13H,3-4,11,14H2,1-2H3,(H,24,27). The Kier molecular flexibility index (Phi) is 6.25. The van der Waals surface area contributed by atoms with E-state index < -0.39 is 0 Å². The van der Waals surface area contributed by atoms with Crippen LogP contribution in [0.4, 0.5) is 5.69 Å². The van der Waals surface area contributed by atoms with Crippen LogP contribution in [0.3, 0.4) is 0 Å². The Hall–Kier alpha value is -4.01. The van der Waals surface area contributed by atoms with Gasteiger partial charge in [-0.25, -0.2) is 4.68 Å². The molecule has 1 amide bonds. The minimum atomic E-state index is -0.231. The summed E-state index contributed by atoms with van der Waals surface area (Å²) in [5.41, 5.74) is 1.81. The second kappa shape index (κ2) is 9.42. The third kappa shape index (κ3) is 4.66. The number of rotatable bonds is 8. The van der Waals surface area contributed by atoms with E-state index in [0.29, 0.717) is 47.3 Å². The van der Waals surface area contributed by atoms with Crippen LogP contribution in [0, 0.1) is 0 Å². The Balaban J connectivity index is 1.38. The maximum atomic E-state index is 12.3. The van der Waals surface area contributed by atoms with Gasteiger partial charge in [-0.1, -0.05) is 0 Å². The lowest BCUT2D eigenvalue weighted by Gasteiger charge is -2.11. The lowest BCUT2D eigenvalue weighted by molar-refractivity contribution is -0.116. The smallest absolute Gasteiger partial charge is 0.266 e. The van der Waals surface area contributed by atoms with Crippen LogP contribution in [0.25, 0.3) is 11.3 Å². The predicted octanol–water partition coefficient (Wildman–Crippen LogP) is 3.08. The molecule has 0 bridgehead atoms. The highest BCUT2D eigenvalue weighted by Gasteiger charge is 2.14. The molecule has 0 unspecified atom stereocenters. The van der Waals surface area contributed by atoms with Gasteiger partial charge in [0, 0.05) is 36.3 Å². The highest BCUT2D eigenvalue weighted by atomic mass is 16.7. The number of hydrogen-bond acceptors (Lipinski definition) is 7. The van der Waals surface area contributed by atoms with E-state index in [1.165, 1.54) is 10.7 Å². The van der Waals surface area contributed by atoms with Crippen LogP contribution in [0.2, 0.25) is 0 Å². The number of nitrogens with one attached hydrogen (secondary N) is 1. The number of amides is 1. The summed E-state index contributed by atoms with van der Waals surface area (Å²) in [6.45, 7) is 0.491. The van der Waals surface area contributed by atoms with Gasteiger partial charge in [0.05, 0.1) is 19.9 Å². The number of ether oxygens (including phenoxy) is 4. The number of fused-ring (bicyclic) bond motifs is 1. The monoisotopic (exact) mass is 437 g/mol. The van der Waals surface area contributed by atoms with Gasteiger partial charge in [0.2, 0.25) is 12.7 Å². The van der Waals surface area contributed by atoms with E-state index in [1.54, 1.807) is 50.6 Å². The van der Waals surface area contributed by atoms with Crippen molar-refractivity contribution in [2.45, 2.75) is 19.4 Å². The van der Waals surface area contributed by atoms with Crippen molar-refractivity contribution in [1.82, 2.24) is 9.78 Å². The lowest BCUT2D eigenvalue weighted by atomic mass is 10.1. The molecule has 0 radical (unpaired) electrons. The maximum absolute atomic E-state index is 12.3. The van der Waals surface area contributed by atoms with Gasteiger partial charge in [0.25, 0.3) is 5.56 Å². The highest BCUT2D eigenvalue weighted by molar-refractivity contribution is 5.91. The summed E-state index contributed by atoms with van der Waals surface area (Å²) in [4.78, 5) is 24.5. The number of aromatic nitrogens is 2. The molecule has 2 aromatic carbocycles. The molecule has 32 heavy (non-hydrogen) atoms. The van der Waals surface area contributed by atoms with E-state index in [4.69, 9.17) is 18.9 Å². The molecule has 4 rings (SSSR count). The molecule has 0 saturated heterocycles. The number of anilines is 1. The molecular formula is C23H23N3O6. The van der Waals surface area contributed by atoms with Gasteiger partial charge >= 0.3 is 0 Å². The van der Waals surface area contributed by atoms with Crippen LogP contribution in [-0.4, -0.2) is 36.7 Å². The summed E-state index contributed by atoms with van der Waals surface area (Å²) in [5.74, 6) is 2.28. The van der Waals surface area contributed by atoms with Crippen molar-refractivity contribution in [3.63, 3.8) is 0 Å². The molecule has 166 valence electrons. The number of nitrogens with zero attached hydrogens (tertiary/aromatic N) is 2. The largest absolute Gasteiger partial charge is 0.493 e. The topological polar surface area (TPSA) is 101 Å². The third-order valence-electron chi connectivity index (χ3n) is 4.98. The molecule has 2 heterocycles. The number of aryl methyl sites for hydroxylation is 1. The summed E-state index contributed by atoms with van der Waals surface area (Å²) in [6.07, 6.45) is 0.696. The molecule has 9 heteroatoms. The summed E-state index contributed by atoms with van der Waals surface area (Å²) >= 11 is 0. The molecule has 3 aromatic rings. The van der Waals surface area contributed by atoms with Crippen molar-refractivity contribution in [3.8, 4) is 34.3 Å². The molecule has 1 N–H and O–H groups in total. The fraction of sp³-hybridized carbons (Fsp3) is 0.261. The number of benzene rings is 2. The minimum Gasteiger partial charge on any atom is -0.493 e. The van der Waals surface area contributed by atoms with Gasteiger partial charge in [0.15, 0.2) is 23.0 Å². The second-order valence-corrected chi connectivity index (χ2v) is 7.07. The number of hydrogen-bond donors (Lipinski definition) is 1. The third-order valence-corrected chi connectivity index (χ3v) is 4.98. The number of methoxy groups -OCH3 is 2. The van der Waals surface area contributed by atoms with E-state index in [1.807, 2.05) is 6.07 Å². The van der Waals surface area contributed by atoms with Gasteiger partial charge in [-0.05, 0) is 42.8 Å². The lowest BCUT2D eigenvalue weighted by Crippen LogP contribution is -2.23. The second-order valence-electron chi connectivity index (χ2n) is 7.07. The predicted molar refractivity (Wildman–Crippen MR) is 117 cm³/mol. The molecule has 0 spiro atoms. The quantitative estimate of drug-likeness (QED) is 0.578. The van der Waals surface area contributed by atoms with Crippen molar-refractivity contribution in [3.05, 3.63) is 58.9 Å². The van der Waals surface area contributed by atoms with Crippen molar-refractivity contribution in [2.75, 3.05) is 26.3 Å². The fourth-order valence-electron chi connectivity index (χ4n) is 3.35. The van der Waals surface area contributed by atoms with Crippen LogP contribution in [0.1, 0.15) is 12.8 Å². The van der Waals surface area contributed by atoms with Gasteiger partial charge in [-0.15, -0.1) is 0 Å². The Morgan fingerprint density at radius 3 is 2.66 bits per heavy atom. The minimum absolute atomic E-state index is 0.159. The Bertz CT molecular complexity index is 1190. The van der Waals surface area contributed by atoms with Crippen molar-refractivity contribution >= 4 is 11.6 Å². The molecular weight excluding hydrogens is 414 g/mol. The molecule has 0 aliphatic carbocycles.